The molecule has 17 heavy (non-hydrogen) atoms. The first-order valence-electron chi connectivity index (χ1n) is 6.12. The zero-order valence-corrected chi connectivity index (χ0v) is 10.4. The van der Waals surface area contributed by atoms with E-state index in [0.29, 0.717) is 0 Å². The molecule has 0 radical (unpaired) electrons. The average Bonchev–Trinajstić information content (AvgIpc) is 2.69. The molecular formula is C15H17NO. The number of aryl methyl sites for hydroxylation is 1. The van der Waals surface area contributed by atoms with Gasteiger partial charge in [0, 0.05) is 23.9 Å². The van der Waals surface area contributed by atoms with Crippen LogP contribution in [0.4, 0.5) is 0 Å². The Balaban J connectivity index is 2.12. The molecule has 0 bridgehead atoms. The molecule has 0 aliphatic carbocycles. The molecule has 0 unspecified atom stereocenters. The van der Waals surface area contributed by atoms with Gasteiger partial charge >= 0.3 is 0 Å². The number of hydrogen-bond donors (Lipinski definition) is 0. The Hall–Kier alpha value is -1.54. The minimum atomic E-state index is 1.02. The van der Waals surface area contributed by atoms with Crippen molar-refractivity contribution in [2.75, 3.05) is 20.1 Å². The molecule has 2 heteroatoms. The molecule has 0 atom stereocenters. The Morgan fingerprint density at radius 3 is 2.65 bits per heavy atom. The van der Waals surface area contributed by atoms with Gasteiger partial charge in [0.1, 0.15) is 11.5 Å². The van der Waals surface area contributed by atoms with Crippen molar-refractivity contribution in [3.8, 4) is 0 Å². The van der Waals surface area contributed by atoms with Gasteiger partial charge in [-0.3, -0.25) is 0 Å². The molecule has 1 aromatic heterocycles. The van der Waals surface area contributed by atoms with Crippen LogP contribution in [0.3, 0.4) is 0 Å². The van der Waals surface area contributed by atoms with E-state index in [9.17, 15) is 0 Å². The predicted octanol–water partition coefficient (Wildman–Crippen LogP) is 3.46. The maximum atomic E-state index is 5.95. The molecule has 0 saturated carbocycles. The highest BCUT2D eigenvalue weighted by molar-refractivity contribution is 5.93. The van der Waals surface area contributed by atoms with Crippen LogP contribution in [0.25, 0.3) is 16.3 Å². The highest BCUT2D eigenvalue weighted by Gasteiger charge is 2.16. The summed E-state index contributed by atoms with van der Waals surface area (Å²) >= 11 is 0. The van der Waals surface area contributed by atoms with Gasteiger partial charge in [0.05, 0.1) is 0 Å². The quantitative estimate of drug-likeness (QED) is 0.741. The normalized spacial score (nSPS) is 17.4. The monoisotopic (exact) mass is 227 g/mol. The summed E-state index contributed by atoms with van der Waals surface area (Å²) in [6, 6.07) is 8.43. The second kappa shape index (κ2) is 4.04. The van der Waals surface area contributed by atoms with E-state index in [2.05, 4.69) is 42.3 Å². The van der Waals surface area contributed by atoms with E-state index >= 15 is 0 Å². The molecule has 1 aliphatic heterocycles. The first kappa shape index (κ1) is 10.6. The molecule has 2 heterocycles. The van der Waals surface area contributed by atoms with E-state index in [1.807, 2.05) is 6.92 Å². The number of furan rings is 1. The molecule has 2 nitrogen and oxygen atoms in total. The Morgan fingerprint density at radius 1 is 1.18 bits per heavy atom. The van der Waals surface area contributed by atoms with Gasteiger partial charge in [0.15, 0.2) is 0 Å². The fraction of sp³-hybridized carbons (Fsp3) is 0.333. The summed E-state index contributed by atoms with van der Waals surface area (Å²) in [5.74, 6) is 2.10. The lowest BCUT2D eigenvalue weighted by molar-refractivity contribution is 0.367. The molecule has 0 amide bonds. The standard InChI is InChI=1S/C15H17NO/c1-11-13-5-3-4-6-14(13)15(17-11)12-7-9-16(2)10-8-12/h3-7H,8-10H2,1-2H3. The van der Waals surface area contributed by atoms with Crippen molar-refractivity contribution in [3.05, 3.63) is 41.9 Å². The van der Waals surface area contributed by atoms with Crippen LogP contribution in [0.15, 0.2) is 34.8 Å². The lowest BCUT2D eigenvalue weighted by Gasteiger charge is -2.20. The van der Waals surface area contributed by atoms with E-state index < -0.39 is 0 Å². The number of hydrogen-bond acceptors (Lipinski definition) is 2. The Morgan fingerprint density at radius 2 is 1.94 bits per heavy atom. The van der Waals surface area contributed by atoms with Crippen molar-refractivity contribution in [1.29, 1.82) is 0 Å². The van der Waals surface area contributed by atoms with Crippen LogP contribution in [0.2, 0.25) is 0 Å². The van der Waals surface area contributed by atoms with Gasteiger partial charge in [0.25, 0.3) is 0 Å². The third-order valence-corrected chi connectivity index (χ3v) is 3.51. The number of nitrogens with zero attached hydrogens (tertiary/aromatic N) is 1. The van der Waals surface area contributed by atoms with E-state index in [0.717, 1.165) is 31.0 Å². The van der Waals surface area contributed by atoms with Gasteiger partial charge in [-0.15, -0.1) is 0 Å². The van der Waals surface area contributed by atoms with Crippen molar-refractivity contribution in [3.63, 3.8) is 0 Å². The molecule has 1 aromatic carbocycles. The van der Waals surface area contributed by atoms with Gasteiger partial charge in [-0.2, -0.15) is 0 Å². The molecule has 3 rings (SSSR count). The van der Waals surface area contributed by atoms with Gasteiger partial charge < -0.3 is 9.32 Å². The smallest absolute Gasteiger partial charge is 0.137 e. The number of rotatable bonds is 1. The van der Waals surface area contributed by atoms with Crippen LogP contribution in [-0.4, -0.2) is 25.0 Å². The fourth-order valence-corrected chi connectivity index (χ4v) is 2.47. The minimum absolute atomic E-state index is 1.02. The third kappa shape index (κ3) is 1.79. The molecule has 88 valence electrons. The number of benzene rings is 1. The van der Waals surface area contributed by atoms with Crippen molar-refractivity contribution >= 4 is 16.3 Å². The summed E-state index contributed by atoms with van der Waals surface area (Å²) < 4.78 is 5.95. The van der Waals surface area contributed by atoms with E-state index in [1.165, 1.54) is 16.3 Å². The molecule has 1 aliphatic rings. The van der Waals surface area contributed by atoms with Crippen LogP contribution in [0.5, 0.6) is 0 Å². The second-order valence-electron chi connectivity index (χ2n) is 4.77. The van der Waals surface area contributed by atoms with E-state index in [-0.39, 0.29) is 0 Å². The molecule has 0 spiro atoms. The summed E-state index contributed by atoms with van der Waals surface area (Å²) in [4.78, 5) is 2.32. The Bertz CT molecular complexity index is 580. The fourth-order valence-electron chi connectivity index (χ4n) is 2.47. The van der Waals surface area contributed by atoms with Gasteiger partial charge in [-0.1, -0.05) is 30.3 Å². The van der Waals surface area contributed by atoms with Gasteiger partial charge in [0.2, 0.25) is 0 Å². The van der Waals surface area contributed by atoms with Crippen LogP contribution >= 0.6 is 0 Å². The summed E-state index contributed by atoms with van der Waals surface area (Å²) in [6.07, 6.45) is 3.36. The second-order valence-corrected chi connectivity index (χ2v) is 4.77. The molecule has 0 fully saturated rings. The lowest BCUT2D eigenvalue weighted by Crippen LogP contribution is -2.23. The van der Waals surface area contributed by atoms with Crippen molar-refractivity contribution in [2.45, 2.75) is 13.3 Å². The van der Waals surface area contributed by atoms with E-state index in [1.54, 1.807) is 0 Å². The highest BCUT2D eigenvalue weighted by Crippen LogP contribution is 2.32. The zero-order chi connectivity index (χ0) is 11.8. The van der Waals surface area contributed by atoms with Crippen LogP contribution in [-0.2, 0) is 0 Å². The summed E-state index contributed by atoms with van der Waals surface area (Å²) in [5.41, 5.74) is 1.35. The summed E-state index contributed by atoms with van der Waals surface area (Å²) in [5, 5.41) is 2.49. The zero-order valence-electron chi connectivity index (χ0n) is 10.4. The van der Waals surface area contributed by atoms with Crippen LogP contribution in [0, 0.1) is 6.92 Å². The minimum Gasteiger partial charge on any atom is -0.460 e. The molecule has 0 saturated heterocycles. The van der Waals surface area contributed by atoms with Crippen molar-refractivity contribution < 1.29 is 4.42 Å². The Kier molecular flexibility index (Phi) is 2.52. The largest absolute Gasteiger partial charge is 0.460 e. The topological polar surface area (TPSA) is 16.4 Å². The Labute approximate surface area is 102 Å². The first-order valence-corrected chi connectivity index (χ1v) is 6.12. The summed E-state index contributed by atoms with van der Waals surface area (Å²) in [7, 11) is 2.15. The molecule has 0 N–H and O–H groups in total. The van der Waals surface area contributed by atoms with E-state index in [4.69, 9.17) is 4.42 Å². The maximum Gasteiger partial charge on any atom is 0.137 e. The molecule has 2 aromatic rings. The van der Waals surface area contributed by atoms with Crippen LogP contribution < -0.4 is 0 Å². The lowest BCUT2D eigenvalue weighted by atomic mass is 10.0. The number of likely N-dealkylation sites (N-methyl/N-ethyl adjacent to an activating group) is 1. The first-order chi connectivity index (χ1) is 8.25. The van der Waals surface area contributed by atoms with Crippen molar-refractivity contribution in [2.24, 2.45) is 0 Å². The maximum absolute atomic E-state index is 5.95. The third-order valence-electron chi connectivity index (χ3n) is 3.51. The van der Waals surface area contributed by atoms with Gasteiger partial charge in [-0.25, -0.2) is 0 Å². The van der Waals surface area contributed by atoms with Gasteiger partial charge in [-0.05, 0) is 26.0 Å². The van der Waals surface area contributed by atoms with Crippen LogP contribution in [0.1, 0.15) is 17.9 Å². The summed E-state index contributed by atoms with van der Waals surface area (Å²) in [6.45, 7) is 4.17. The predicted molar refractivity (Wildman–Crippen MR) is 71.0 cm³/mol. The molecular weight excluding hydrogens is 210 g/mol. The average molecular weight is 227 g/mol. The highest BCUT2D eigenvalue weighted by atomic mass is 16.3. The SMILES string of the molecule is Cc1oc(C2=CCN(C)CC2)c2ccccc12. The number of fused-ring (bicyclic) bond motifs is 1. The van der Waals surface area contributed by atoms with Crippen molar-refractivity contribution in [1.82, 2.24) is 4.90 Å².